The van der Waals surface area contributed by atoms with Crippen molar-refractivity contribution in [3.05, 3.63) is 35.9 Å². The molecule has 8 heteroatoms. The lowest BCUT2D eigenvalue weighted by molar-refractivity contribution is 0.461. The second kappa shape index (κ2) is 12.5. The Labute approximate surface area is 169 Å². The van der Waals surface area contributed by atoms with Crippen LogP contribution in [0.1, 0.15) is 31.7 Å². The highest BCUT2D eigenvalue weighted by Crippen LogP contribution is 2.12. The minimum atomic E-state index is -3.10. The summed E-state index contributed by atoms with van der Waals surface area (Å²) in [5.41, 5.74) is 1.28. The molecule has 1 rings (SSSR count). The molecule has 0 spiro atoms. The predicted octanol–water partition coefficient (Wildman–Crippen LogP) is 2.24. The Morgan fingerprint density at radius 3 is 2.44 bits per heavy atom. The van der Waals surface area contributed by atoms with E-state index >= 15 is 0 Å². The average Bonchev–Trinajstić information content (AvgIpc) is 2.61. The summed E-state index contributed by atoms with van der Waals surface area (Å²) in [5.74, 6) is 1.25. The third-order valence-corrected chi connectivity index (χ3v) is 5.81. The average molecular weight is 482 g/mol. The zero-order valence-corrected chi connectivity index (χ0v) is 18.7. The van der Waals surface area contributed by atoms with E-state index in [1.165, 1.54) is 9.87 Å². The van der Waals surface area contributed by atoms with Gasteiger partial charge in [-0.25, -0.2) is 12.7 Å². The van der Waals surface area contributed by atoms with E-state index in [-0.39, 0.29) is 29.7 Å². The van der Waals surface area contributed by atoms with Crippen molar-refractivity contribution in [3.63, 3.8) is 0 Å². The van der Waals surface area contributed by atoms with Crippen LogP contribution in [0.2, 0.25) is 0 Å². The lowest BCUT2D eigenvalue weighted by Crippen LogP contribution is -2.40. The predicted molar refractivity (Wildman–Crippen MR) is 116 cm³/mol. The third kappa shape index (κ3) is 8.87. The molecule has 0 aliphatic carbocycles. The molecule has 1 aromatic carbocycles. The molecular formula is C17H31IN4O2S. The first-order chi connectivity index (χ1) is 11.4. The Hall–Kier alpha value is -0.870. The van der Waals surface area contributed by atoms with Gasteiger partial charge in [0.15, 0.2) is 5.96 Å². The van der Waals surface area contributed by atoms with E-state index in [1.54, 1.807) is 21.0 Å². The van der Waals surface area contributed by atoms with E-state index in [0.29, 0.717) is 19.0 Å². The number of rotatable bonds is 9. The van der Waals surface area contributed by atoms with Crippen molar-refractivity contribution in [1.82, 2.24) is 14.9 Å². The molecule has 0 aliphatic rings. The van der Waals surface area contributed by atoms with Gasteiger partial charge in [-0.1, -0.05) is 37.3 Å². The van der Waals surface area contributed by atoms with Gasteiger partial charge in [0.25, 0.3) is 0 Å². The second-order valence-electron chi connectivity index (χ2n) is 5.77. The van der Waals surface area contributed by atoms with Crippen LogP contribution in [0.25, 0.3) is 0 Å². The van der Waals surface area contributed by atoms with Crippen molar-refractivity contribution >= 4 is 40.0 Å². The van der Waals surface area contributed by atoms with Crippen molar-refractivity contribution in [2.75, 3.05) is 39.5 Å². The van der Waals surface area contributed by atoms with Crippen LogP contribution in [0.15, 0.2) is 35.3 Å². The third-order valence-electron chi connectivity index (χ3n) is 3.95. The monoisotopic (exact) mass is 482 g/mol. The maximum Gasteiger partial charge on any atom is 0.213 e. The maximum atomic E-state index is 11.7. The molecule has 25 heavy (non-hydrogen) atoms. The van der Waals surface area contributed by atoms with Crippen LogP contribution in [0.4, 0.5) is 0 Å². The van der Waals surface area contributed by atoms with E-state index < -0.39 is 10.0 Å². The smallest absolute Gasteiger partial charge is 0.213 e. The quantitative estimate of drug-likeness (QED) is 0.245. The van der Waals surface area contributed by atoms with Gasteiger partial charge in [0.1, 0.15) is 0 Å². The molecule has 0 saturated carbocycles. The first kappa shape index (κ1) is 24.1. The molecule has 1 unspecified atom stereocenters. The molecule has 1 atom stereocenters. The van der Waals surface area contributed by atoms with Gasteiger partial charge >= 0.3 is 0 Å². The molecule has 0 amide bonds. The standard InChI is InChI=1S/C17H30N4O2S.HI/c1-5-24(22,23)21(4)13-9-12-19-17(18-3)20-14-15(2)16-10-7-6-8-11-16;/h6-8,10-11,15H,5,9,12-14H2,1-4H3,(H2,18,19,20);1H. The maximum absolute atomic E-state index is 11.7. The van der Waals surface area contributed by atoms with Crippen molar-refractivity contribution < 1.29 is 8.42 Å². The van der Waals surface area contributed by atoms with Gasteiger partial charge in [-0.3, -0.25) is 4.99 Å². The minimum Gasteiger partial charge on any atom is -0.356 e. The number of aliphatic imine (C=N–C) groups is 1. The lowest BCUT2D eigenvalue weighted by atomic mass is 10.0. The highest BCUT2D eigenvalue weighted by atomic mass is 127. The van der Waals surface area contributed by atoms with Gasteiger partial charge in [0.2, 0.25) is 10.0 Å². The van der Waals surface area contributed by atoms with Crippen molar-refractivity contribution in [2.45, 2.75) is 26.2 Å². The summed E-state index contributed by atoms with van der Waals surface area (Å²) in [6.45, 7) is 5.78. The molecular weight excluding hydrogens is 451 g/mol. The minimum absolute atomic E-state index is 0. The number of hydrogen-bond acceptors (Lipinski definition) is 3. The number of halogens is 1. The van der Waals surface area contributed by atoms with Gasteiger partial charge in [0.05, 0.1) is 5.75 Å². The van der Waals surface area contributed by atoms with Crippen LogP contribution in [0.5, 0.6) is 0 Å². The van der Waals surface area contributed by atoms with Crippen molar-refractivity contribution in [3.8, 4) is 0 Å². The molecule has 0 heterocycles. The van der Waals surface area contributed by atoms with E-state index in [9.17, 15) is 8.42 Å². The molecule has 0 radical (unpaired) electrons. The number of guanidine groups is 1. The highest BCUT2D eigenvalue weighted by molar-refractivity contribution is 14.0. The van der Waals surface area contributed by atoms with Gasteiger partial charge in [-0.05, 0) is 24.8 Å². The molecule has 6 nitrogen and oxygen atoms in total. The Bertz CT molecular complexity index is 608. The summed E-state index contributed by atoms with van der Waals surface area (Å²) >= 11 is 0. The summed E-state index contributed by atoms with van der Waals surface area (Å²) in [4.78, 5) is 4.20. The fourth-order valence-corrected chi connectivity index (χ4v) is 3.09. The first-order valence-corrected chi connectivity index (χ1v) is 9.95. The summed E-state index contributed by atoms with van der Waals surface area (Å²) < 4.78 is 24.7. The van der Waals surface area contributed by atoms with Crippen LogP contribution < -0.4 is 10.6 Å². The van der Waals surface area contributed by atoms with Crippen LogP contribution >= 0.6 is 24.0 Å². The van der Waals surface area contributed by atoms with Crippen molar-refractivity contribution in [1.29, 1.82) is 0 Å². The molecule has 0 aliphatic heterocycles. The highest BCUT2D eigenvalue weighted by Gasteiger charge is 2.14. The normalized spacial score (nSPS) is 13.2. The fraction of sp³-hybridized carbons (Fsp3) is 0.588. The summed E-state index contributed by atoms with van der Waals surface area (Å²) in [6, 6.07) is 10.3. The van der Waals surface area contributed by atoms with Gasteiger partial charge in [-0.15, -0.1) is 24.0 Å². The zero-order chi connectivity index (χ0) is 18.0. The van der Waals surface area contributed by atoms with Gasteiger partial charge in [0, 0.05) is 33.7 Å². The van der Waals surface area contributed by atoms with Gasteiger partial charge < -0.3 is 10.6 Å². The summed E-state index contributed by atoms with van der Waals surface area (Å²) in [6.07, 6.45) is 0.727. The number of nitrogens with zero attached hydrogens (tertiary/aromatic N) is 2. The number of benzene rings is 1. The molecule has 1 aromatic rings. The molecule has 2 N–H and O–H groups in total. The van der Waals surface area contributed by atoms with E-state index in [4.69, 9.17) is 0 Å². The van der Waals surface area contributed by atoms with Crippen LogP contribution in [-0.4, -0.2) is 58.2 Å². The largest absolute Gasteiger partial charge is 0.356 e. The Kier molecular flexibility index (Phi) is 12.0. The van der Waals surface area contributed by atoms with Crippen LogP contribution in [0, 0.1) is 0 Å². The Morgan fingerprint density at radius 2 is 1.88 bits per heavy atom. The fourth-order valence-electron chi connectivity index (χ4n) is 2.24. The number of sulfonamides is 1. The van der Waals surface area contributed by atoms with E-state index in [0.717, 1.165) is 18.9 Å². The Morgan fingerprint density at radius 1 is 1.24 bits per heavy atom. The van der Waals surface area contributed by atoms with Crippen LogP contribution in [-0.2, 0) is 10.0 Å². The number of nitrogens with one attached hydrogen (secondary N) is 2. The van der Waals surface area contributed by atoms with Crippen molar-refractivity contribution in [2.24, 2.45) is 4.99 Å². The molecule has 144 valence electrons. The topological polar surface area (TPSA) is 73.8 Å². The first-order valence-electron chi connectivity index (χ1n) is 8.34. The van der Waals surface area contributed by atoms with Gasteiger partial charge in [-0.2, -0.15) is 0 Å². The van der Waals surface area contributed by atoms with Crippen LogP contribution in [0.3, 0.4) is 0 Å². The lowest BCUT2D eigenvalue weighted by Gasteiger charge is -2.18. The van der Waals surface area contributed by atoms with E-state index in [1.807, 2.05) is 18.2 Å². The SMILES string of the molecule is CCS(=O)(=O)N(C)CCCNC(=NC)NCC(C)c1ccccc1.I. The summed E-state index contributed by atoms with van der Waals surface area (Å²) in [5, 5.41) is 6.52. The Balaban J connectivity index is 0.00000576. The molecule has 0 fully saturated rings. The van der Waals surface area contributed by atoms with E-state index in [2.05, 4.69) is 34.7 Å². The zero-order valence-electron chi connectivity index (χ0n) is 15.5. The number of hydrogen-bond donors (Lipinski definition) is 2. The summed E-state index contributed by atoms with van der Waals surface area (Å²) in [7, 11) is 0.254. The second-order valence-corrected chi connectivity index (χ2v) is 8.13. The molecule has 0 aromatic heterocycles. The molecule has 0 saturated heterocycles. The molecule has 0 bridgehead atoms.